The molecule has 3 aromatic rings. The molecule has 0 bridgehead atoms. The molecule has 0 fully saturated rings. The van der Waals surface area contributed by atoms with E-state index in [9.17, 15) is 18.9 Å². The fourth-order valence-corrected chi connectivity index (χ4v) is 2.72. The highest BCUT2D eigenvalue weighted by Gasteiger charge is 2.11. The highest BCUT2D eigenvalue weighted by molar-refractivity contribution is 7.85. The molecular weight excluding hydrogens is 340 g/mol. The summed E-state index contributed by atoms with van der Waals surface area (Å²) in [7, 11) is -1.17. The molecule has 0 spiro atoms. The number of carbonyl (C=O) groups excluding carboxylic acids is 1. The number of ketones is 1. The molecule has 0 aliphatic heterocycles. The second-order valence-electron chi connectivity index (χ2n) is 5.38. The van der Waals surface area contributed by atoms with Gasteiger partial charge in [-0.3, -0.25) is 13.8 Å². The first-order valence-electron chi connectivity index (χ1n) is 7.49. The van der Waals surface area contributed by atoms with Gasteiger partial charge in [-0.1, -0.05) is 24.3 Å². The Morgan fingerprint density at radius 1 is 1.12 bits per heavy atom. The van der Waals surface area contributed by atoms with E-state index in [1.807, 2.05) is 12.1 Å². The van der Waals surface area contributed by atoms with Crippen molar-refractivity contribution in [1.82, 2.24) is 0 Å². The lowest BCUT2D eigenvalue weighted by molar-refractivity contribution is 0.101. The monoisotopic (exact) mass is 358 g/mol. The average Bonchev–Trinajstić information content (AvgIpc) is 2.55. The molecule has 5 nitrogen and oxygen atoms in total. The van der Waals surface area contributed by atoms with Gasteiger partial charge in [-0.2, -0.15) is 0 Å². The van der Waals surface area contributed by atoms with Gasteiger partial charge in [0, 0.05) is 23.1 Å². The molecule has 0 amide bonds. The number of aryl methyl sites for hydroxylation is 1. The van der Waals surface area contributed by atoms with E-state index in [0.29, 0.717) is 16.7 Å². The Labute approximate surface area is 147 Å². The largest absolute Gasteiger partial charge is 0.507 e. The summed E-state index contributed by atoms with van der Waals surface area (Å²) in [5, 5.41) is 9.92. The number of hydrogen-bond acceptors (Lipinski definition) is 5. The van der Waals surface area contributed by atoms with Crippen LogP contribution in [0, 0.1) is 6.92 Å². The summed E-state index contributed by atoms with van der Waals surface area (Å²) in [5.41, 5.74) is 0.912. The lowest BCUT2D eigenvalue weighted by atomic mass is 10.1. The summed E-state index contributed by atoms with van der Waals surface area (Å²) >= 11 is 0. The summed E-state index contributed by atoms with van der Waals surface area (Å²) < 4.78 is 16.1. The molecule has 1 N–H and O–H groups in total. The SMILES string of the molecule is CS(=O)CC(=O)c1ccccc1O.Cc1cc(=O)c2ccccc2o1. The number of para-hydroxylation sites is 2. The van der Waals surface area contributed by atoms with Gasteiger partial charge in [0.25, 0.3) is 0 Å². The van der Waals surface area contributed by atoms with Crippen molar-refractivity contribution in [3.8, 4) is 5.75 Å². The third-order valence-electron chi connectivity index (χ3n) is 3.30. The molecule has 130 valence electrons. The molecule has 1 heterocycles. The summed E-state index contributed by atoms with van der Waals surface area (Å²) in [6.45, 7) is 1.77. The quantitative estimate of drug-likeness (QED) is 0.728. The van der Waals surface area contributed by atoms with Crippen LogP contribution in [0.15, 0.2) is 63.8 Å². The van der Waals surface area contributed by atoms with E-state index in [2.05, 4.69) is 0 Å². The Morgan fingerprint density at radius 3 is 2.44 bits per heavy atom. The van der Waals surface area contributed by atoms with Crippen LogP contribution in [0.1, 0.15) is 16.1 Å². The maximum absolute atomic E-state index is 11.3. The van der Waals surface area contributed by atoms with Crippen molar-refractivity contribution in [2.24, 2.45) is 0 Å². The number of phenolic OH excluding ortho intramolecular Hbond substituents is 1. The van der Waals surface area contributed by atoms with Crippen LogP contribution in [0.5, 0.6) is 5.75 Å². The Balaban J connectivity index is 0.000000181. The van der Waals surface area contributed by atoms with Gasteiger partial charge in [-0.15, -0.1) is 0 Å². The number of hydrogen-bond donors (Lipinski definition) is 1. The van der Waals surface area contributed by atoms with Crippen molar-refractivity contribution in [2.75, 3.05) is 12.0 Å². The predicted octanol–water partition coefficient (Wildman–Crippen LogP) is 3.05. The first-order chi connectivity index (χ1) is 11.9. The van der Waals surface area contributed by atoms with Crippen LogP contribution in [0.4, 0.5) is 0 Å². The molecule has 1 atom stereocenters. The van der Waals surface area contributed by atoms with E-state index in [-0.39, 0.29) is 28.3 Å². The van der Waals surface area contributed by atoms with Gasteiger partial charge in [0.1, 0.15) is 17.1 Å². The Hall–Kier alpha value is -2.73. The molecule has 0 aliphatic rings. The zero-order valence-corrected chi connectivity index (χ0v) is 14.7. The van der Waals surface area contributed by atoms with Crippen LogP contribution in [0.3, 0.4) is 0 Å². The summed E-state index contributed by atoms with van der Waals surface area (Å²) in [6, 6.07) is 15.0. The number of phenols is 1. The van der Waals surface area contributed by atoms with Crippen LogP contribution < -0.4 is 5.43 Å². The minimum atomic E-state index is -1.17. The average molecular weight is 358 g/mol. The van der Waals surface area contributed by atoms with Gasteiger partial charge in [0.15, 0.2) is 11.2 Å². The van der Waals surface area contributed by atoms with Gasteiger partial charge in [0.05, 0.1) is 16.7 Å². The van der Waals surface area contributed by atoms with Crippen molar-refractivity contribution in [2.45, 2.75) is 6.92 Å². The van der Waals surface area contributed by atoms with E-state index in [4.69, 9.17) is 4.42 Å². The number of rotatable bonds is 3. The standard InChI is InChI=1S/C10H8O2.C9H10O3S/c1-7-6-9(11)8-4-2-3-5-10(8)12-7;1-13(12)6-9(11)7-4-2-3-5-8(7)10/h2-6H,1H3;2-5,10H,6H2,1H3. The maximum atomic E-state index is 11.3. The third-order valence-corrected chi connectivity index (χ3v) is 3.97. The Bertz CT molecular complexity index is 975. The fourth-order valence-electron chi connectivity index (χ4n) is 2.20. The Morgan fingerprint density at radius 2 is 1.76 bits per heavy atom. The zero-order valence-electron chi connectivity index (χ0n) is 13.9. The molecule has 0 aliphatic carbocycles. The molecule has 0 radical (unpaired) electrons. The second kappa shape index (κ2) is 8.39. The van der Waals surface area contributed by atoms with Crippen LogP contribution in [0.2, 0.25) is 0 Å². The van der Waals surface area contributed by atoms with E-state index < -0.39 is 10.8 Å². The molecule has 0 saturated carbocycles. The van der Waals surface area contributed by atoms with Crippen LogP contribution in [-0.4, -0.2) is 27.1 Å². The highest BCUT2D eigenvalue weighted by Crippen LogP contribution is 2.16. The van der Waals surface area contributed by atoms with Crippen molar-refractivity contribution in [1.29, 1.82) is 0 Å². The van der Waals surface area contributed by atoms with E-state index >= 15 is 0 Å². The number of carbonyl (C=O) groups is 1. The highest BCUT2D eigenvalue weighted by atomic mass is 32.2. The summed E-state index contributed by atoms with van der Waals surface area (Å²) in [5.74, 6) is 0.257. The second-order valence-corrected chi connectivity index (χ2v) is 6.81. The molecule has 25 heavy (non-hydrogen) atoms. The molecule has 3 rings (SSSR count). The van der Waals surface area contributed by atoms with E-state index in [0.717, 1.165) is 0 Å². The zero-order chi connectivity index (χ0) is 18.4. The van der Waals surface area contributed by atoms with Crippen molar-refractivity contribution >= 4 is 27.6 Å². The van der Waals surface area contributed by atoms with Gasteiger partial charge in [0.2, 0.25) is 0 Å². The van der Waals surface area contributed by atoms with Crippen molar-refractivity contribution < 1.29 is 18.5 Å². The minimum Gasteiger partial charge on any atom is -0.507 e. The molecule has 0 saturated heterocycles. The first-order valence-corrected chi connectivity index (χ1v) is 9.22. The van der Waals surface area contributed by atoms with Crippen LogP contribution >= 0.6 is 0 Å². The summed E-state index contributed by atoms with van der Waals surface area (Å²) in [6.07, 6.45) is 1.46. The molecule has 2 aromatic carbocycles. The first kappa shape index (κ1) is 18.6. The van der Waals surface area contributed by atoms with Crippen molar-refractivity contribution in [3.63, 3.8) is 0 Å². The van der Waals surface area contributed by atoms with Gasteiger partial charge in [-0.25, -0.2) is 0 Å². The smallest absolute Gasteiger partial charge is 0.192 e. The molecule has 1 aromatic heterocycles. The minimum absolute atomic E-state index is 0.0225. The summed E-state index contributed by atoms with van der Waals surface area (Å²) in [4.78, 5) is 22.7. The van der Waals surface area contributed by atoms with Crippen LogP contribution in [0.25, 0.3) is 11.0 Å². The Kier molecular flexibility index (Phi) is 6.25. The maximum Gasteiger partial charge on any atom is 0.192 e. The van der Waals surface area contributed by atoms with Crippen LogP contribution in [-0.2, 0) is 10.8 Å². The number of fused-ring (bicyclic) bond motifs is 1. The normalized spacial score (nSPS) is 11.4. The van der Waals surface area contributed by atoms with Gasteiger partial charge < -0.3 is 9.52 Å². The van der Waals surface area contributed by atoms with Gasteiger partial charge >= 0.3 is 0 Å². The van der Waals surface area contributed by atoms with E-state index in [1.165, 1.54) is 24.5 Å². The molecule has 1 unspecified atom stereocenters. The predicted molar refractivity (Wildman–Crippen MR) is 98.6 cm³/mol. The van der Waals surface area contributed by atoms with Crippen molar-refractivity contribution in [3.05, 3.63) is 76.1 Å². The topological polar surface area (TPSA) is 84.6 Å². The molecular formula is C19H18O5S. The number of Topliss-reactive ketones (excluding diaryl/α,β-unsaturated/α-hetero) is 1. The third kappa shape index (κ3) is 5.12. The fraction of sp³-hybridized carbons (Fsp3) is 0.158. The molecule has 6 heteroatoms. The lowest BCUT2D eigenvalue weighted by Gasteiger charge is -2.00. The van der Waals surface area contributed by atoms with Gasteiger partial charge in [-0.05, 0) is 31.2 Å². The number of aromatic hydroxyl groups is 1. The number of benzene rings is 2. The lowest BCUT2D eigenvalue weighted by Crippen LogP contribution is -2.09. The van der Waals surface area contributed by atoms with E-state index in [1.54, 1.807) is 31.2 Å².